The largest absolute Gasteiger partial charge is 0.206 e. The van der Waals surface area contributed by atoms with Crippen LogP contribution in [0.2, 0.25) is 5.02 Å². The third-order valence-corrected chi connectivity index (χ3v) is 5.43. The first kappa shape index (κ1) is 18.0. The van der Waals surface area contributed by atoms with E-state index in [2.05, 4.69) is 30.9 Å². The van der Waals surface area contributed by atoms with Gasteiger partial charge in [-0.15, -0.1) is 0 Å². The molecule has 0 amide bonds. The van der Waals surface area contributed by atoms with Crippen molar-refractivity contribution in [3.8, 4) is 11.8 Å². The average molecular weight is 355 g/mol. The summed E-state index contributed by atoms with van der Waals surface area (Å²) in [4.78, 5) is 0. The Morgan fingerprint density at radius 1 is 1.00 bits per heavy atom. The van der Waals surface area contributed by atoms with E-state index in [1.807, 2.05) is 12.1 Å². The Labute approximate surface area is 155 Å². The lowest BCUT2D eigenvalue weighted by Gasteiger charge is -2.28. The summed E-state index contributed by atoms with van der Waals surface area (Å²) in [6.07, 6.45) is 7.99. The molecule has 1 aliphatic rings. The van der Waals surface area contributed by atoms with Crippen LogP contribution in [0, 0.1) is 23.6 Å². The monoisotopic (exact) mass is 354 g/mol. The Kier molecular flexibility index (Phi) is 6.16. The van der Waals surface area contributed by atoms with Crippen molar-refractivity contribution in [2.75, 3.05) is 0 Å². The van der Waals surface area contributed by atoms with Gasteiger partial charge in [0, 0.05) is 10.6 Å². The SMILES string of the molecule is CCCC1CCC(c2ccc(C#Cc3ccc(Cl)cc3F)cc2)CC1. The first-order valence-corrected chi connectivity index (χ1v) is 9.60. The van der Waals surface area contributed by atoms with E-state index in [-0.39, 0.29) is 5.82 Å². The Morgan fingerprint density at radius 3 is 2.36 bits per heavy atom. The predicted molar refractivity (Wildman–Crippen MR) is 103 cm³/mol. The van der Waals surface area contributed by atoms with E-state index < -0.39 is 0 Å². The highest BCUT2D eigenvalue weighted by atomic mass is 35.5. The number of benzene rings is 2. The topological polar surface area (TPSA) is 0 Å². The average Bonchev–Trinajstić information content (AvgIpc) is 2.62. The van der Waals surface area contributed by atoms with Gasteiger partial charge in [-0.3, -0.25) is 0 Å². The molecule has 2 aromatic rings. The molecule has 0 unspecified atom stereocenters. The second-order valence-corrected chi connectivity index (χ2v) is 7.44. The summed E-state index contributed by atoms with van der Waals surface area (Å²) in [5.74, 6) is 7.17. The lowest BCUT2D eigenvalue weighted by atomic mass is 9.77. The molecule has 0 aromatic heterocycles. The van der Waals surface area contributed by atoms with E-state index in [4.69, 9.17) is 11.6 Å². The standard InChI is InChI=1S/C23H24ClF/c1-2-3-17-4-9-19(10-5-17)20-11-6-18(7-12-20)8-13-21-14-15-22(24)16-23(21)25/h6-7,11-12,14-17,19H,2-5,9-10H2,1H3. The zero-order chi connectivity index (χ0) is 17.6. The molecule has 1 aliphatic carbocycles. The fourth-order valence-electron chi connectivity index (χ4n) is 3.76. The van der Waals surface area contributed by atoms with Gasteiger partial charge >= 0.3 is 0 Å². The van der Waals surface area contributed by atoms with Gasteiger partial charge in [0.1, 0.15) is 5.82 Å². The quantitative estimate of drug-likeness (QED) is 0.523. The normalized spacial score (nSPS) is 20.0. The lowest BCUT2D eigenvalue weighted by Crippen LogP contribution is -2.13. The molecule has 0 spiro atoms. The van der Waals surface area contributed by atoms with Crippen molar-refractivity contribution < 1.29 is 4.39 Å². The third kappa shape index (κ3) is 4.86. The summed E-state index contributed by atoms with van der Waals surface area (Å²) in [7, 11) is 0. The molecule has 3 rings (SSSR count). The highest BCUT2D eigenvalue weighted by Crippen LogP contribution is 2.37. The summed E-state index contributed by atoms with van der Waals surface area (Å²) >= 11 is 5.76. The fourth-order valence-corrected chi connectivity index (χ4v) is 3.92. The predicted octanol–water partition coefficient (Wildman–Crippen LogP) is 6.95. The van der Waals surface area contributed by atoms with Crippen LogP contribution >= 0.6 is 11.6 Å². The zero-order valence-electron chi connectivity index (χ0n) is 14.7. The minimum absolute atomic E-state index is 0.375. The van der Waals surface area contributed by atoms with Gasteiger partial charge in [0.2, 0.25) is 0 Å². The van der Waals surface area contributed by atoms with Crippen LogP contribution < -0.4 is 0 Å². The van der Waals surface area contributed by atoms with Gasteiger partial charge in [-0.25, -0.2) is 4.39 Å². The molecule has 0 aliphatic heterocycles. The van der Waals surface area contributed by atoms with Crippen LogP contribution in [0.15, 0.2) is 42.5 Å². The molecule has 0 N–H and O–H groups in total. The van der Waals surface area contributed by atoms with Crippen LogP contribution in [0.4, 0.5) is 4.39 Å². The molecule has 2 heteroatoms. The maximum atomic E-state index is 13.8. The molecule has 25 heavy (non-hydrogen) atoms. The highest BCUT2D eigenvalue weighted by Gasteiger charge is 2.21. The molecule has 0 heterocycles. The van der Waals surface area contributed by atoms with Crippen molar-refractivity contribution >= 4 is 11.6 Å². The molecule has 1 saturated carbocycles. The fraction of sp³-hybridized carbons (Fsp3) is 0.391. The van der Waals surface area contributed by atoms with Crippen molar-refractivity contribution in [2.24, 2.45) is 5.92 Å². The first-order chi connectivity index (χ1) is 12.2. The number of rotatable bonds is 3. The number of halogens is 2. The summed E-state index contributed by atoms with van der Waals surface area (Å²) < 4.78 is 13.8. The molecular formula is C23H24ClF. The number of hydrogen-bond acceptors (Lipinski definition) is 0. The van der Waals surface area contributed by atoms with Crippen molar-refractivity contribution in [1.29, 1.82) is 0 Å². The van der Waals surface area contributed by atoms with Gasteiger partial charge in [0.15, 0.2) is 0 Å². The van der Waals surface area contributed by atoms with Crippen LogP contribution in [0.25, 0.3) is 0 Å². The van der Waals surface area contributed by atoms with E-state index in [0.717, 1.165) is 11.5 Å². The molecule has 0 saturated heterocycles. The Balaban J connectivity index is 1.64. The van der Waals surface area contributed by atoms with Crippen LogP contribution in [0.3, 0.4) is 0 Å². The van der Waals surface area contributed by atoms with Crippen LogP contribution in [-0.2, 0) is 0 Å². The van der Waals surface area contributed by atoms with Gasteiger partial charge in [-0.05, 0) is 73.4 Å². The minimum atomic E-state index is -0.375. The van der Waals surface area contributed by atoms with Gasteiger partial charge in [0.05, 0.1) is 5.56 Å². The maximum absolute atomic E-state index is 13.8. The van der Waals surface area contributed by atoms with Gasteiger partial charge in [-0.1, -0.05) is 55.3 Å². The molecule has 130 valence electrons. The molecule has 0 radical (unpaired) electrons. The Hall–Kier alpha value is -1.78. The Morgan fingerprint density at radius 2 is 1.72 bits per heavy atom. The number of hydrogen-bond donors (Lipinski definition) is 0. The molecular weight excluding hydrogens is 331 g/mol. The first-order valence-electron chi connectivity index (χ1n) is 9.22. The summed E-state index contributed by atoms with van der Waals surface area (Å²) in [6, 6.07) is 13.0. The molecule has 0 atom stereocenters. The van der Waals surface area contributed by atoms with Crippen molar-refractivity contribution in [3.63, 3.8) is 0 Å². The van der Waals surface area contributed by atoms with Crippen molar-refractivity contribution in [2.45, 2.75) is 51.4 Å². The van der Waals surface area contributed by atoms with Gasteiger partial charge in [0.25, 0.3) is 0 Å². The molecule has 1 fully saturated rings. The second-order valence-electron chi connectivity index (χ2n) is 7.00. The third-order valence-electron chi connectivity index (χ3n) is 5.20. The minimum Gasteiger partial charge on any atom is -0.206 e. The second kappa shape index (κ2) is 8.54. The van der Waals surface area contributed by atoms with Crippen molar-refractivity contribution in [1.82, 2.24) is 0 Å². The summed E-state index contributed by atoms with van der Waals surface area (Å²) in [5, 5.41) is 0.390. The van der Waals surface area contributed by atoms with Crippen molar-refractivity contribution in [3.05, 3.63) is 70.0 Å². The summed E-state index contributed by atoms with van der Waals surface area (Å²) in [6.45, 7) is 2.28. The van der Waals surface area contributed by atoms with Crippen LogP contribution in [0.5, 0.6) is 0 Å². The van der Waals surface area contributed by atoms with E-state index in [1.54, 1.807) is 12.1 Å². The lowest BCUT2D eigenvalue weighted by molar-refractivity contribution is 0.308. The smallest absolute Gasteiger partial charge is 0.140 e. The van der Waals surface area contributed by atoms with Gasteiger partial charge < -0.3 is 0 Å². The molecule has 0 bridgehead atoms. The van der Waals surface area contributed by atoms with E-state index in [0.29, 0.717) is 16.5 Å². The zero-order valence-corrected chi connectivity index (χ0v) is 15.5. The molecule has 2 aromatic carbocycles. The van der Waals surface area contributed by atoms with E-state index in [9.17, 15) is 4.39 Å². The van der Waals surface area contributed by atoms with E-state index >= 15 is 0 Å². The maximum Gasteiger partial charge on any atom is 0.140 e. The highest BCUT2D eigenvalue weighted by molar-refractivity contribution is 6.30. The van der Waals surface area contributed by atoms with Crippen LogP contribution in [-0.4, -0.2) is 0 Å². The van der Waals surface area contributed by atoms with Gasteiger partial charge in [-0.2, -0.15) is 0 Å². The summed E-state index contributed by atoms with van der Waals surface area (Å²) in [5.41, 5.74) is 2.71. The van der Waals surface area contributed by atoms with Crippen LogP contribution in [0.1, 0.15) is 68.1 Å². The van der Waals surface area contributed by atoms with E-state index in [1.165, 1.54) is 50.2 Å². The Bertz CT molecular complexity index is 759. The molecule has 0 nitrogen and oxygen atoms in total.